The largest absolute Gasteiger partial charge is 0.310 e. The van der Waals surface area contributed by atoms with Crippen LogP contribution < -0.4 is 4.90 Å². The second-order valence-electron chi connectivity index (χ2n) is 16.8. The summed E-state index contributed by atoms with van der Waals surface area (Å²) in [6, 6.07) is 70.4. The van der Waals surface area contributed by atoms with E-state index in [1.807, 2.05) is 0 Å². The Morgan fingerprint density at radius 2 is 0.948 bits per heavy atom. The van der Waals surface area contributed by atoms with Gasteiger partial charge in [-0.3, -0.25) is 0 Å². The number of hydrogen-bond acceptors (Lipinski definition) is 1. The van der Waals surface area contributed by atoms with Crippen LogP contribution in [0.5, 0.6) is 0 Å². The van der Waals surface area contributed by atoms with Gasteiger partial charge in [0.25, 0.3) is 0 Å². The first-order valence-corrected chi connectivity index (χ1v) is 20.9. The molecule has 0 bridgehead atoms. The molecule has 0 heterocycles. The molecule has 0 atom stereocenters. The minimum Gasteiger partial charge on any atom is -0.310 e. The van der Waals surface area contributed by atoms with Gasteiger partial charge in [-0.15, -0.1) is 0 Å². The van der Waals surface area contributed by atoms with E-state index >= 15 is 0 Å². The second-order valence-corrected chi connectivity index (χ2v) is 16.8. The monoisotopic (exact) mass is 743 g/mol. The van der Waals surface area contributed by atoms with E-state index in [-0.39, 0.29) is 5.41 Å². The van der Waals surface area contributed by atoms with E-state index in [9.17, 15) is 0 Å². The van der Waals surface area contributed by atoms with Crippen molar-refractivity contribution in [2.75, 3.05) is 4.90 Å². The molecule has 278 valence electrons. The molecule has 9 aromatic carbocycles. The summed E-state index contributed by atoms with van der Waals surface area (Å²) in [5.41, 5.74) is 19.3. The van der Waals surface area contributed by atoms with Gasteiger partial charge in [0.1, 0.15) is 0 Å². The van der Waals surface area contributed by atoms with Crippen molar-refractivity contribution in [1.82, 2.24) is 0 Å². The minimum absolute atomic E-state index is 0.162. The Kier molecular flexibility index (Phi) is 8.19. The zero-order chi connectivity index (χ0) is 38.8. The summed E-state index contributed by atoms with van der Waals surface area (Å²) < 4.78 is 0. The normalized spacial score (nSPS) is 13.9. The van der Waals surface area contributed by atoms with E-state index in [0.717, 1.165) is 23.5 Å². The zero-order valence-corrected chi connectivity index (χ0v) is 33.2. The SMILES string of the molecule is CC1(C)c2cc(N(c3ccc(-c4cccc5c4CCCC5)cc3)c3ccccc3-c3cc4ccccc4cc3-c3ccccc3)ccc2-c2cc3ccccc3cc21. The van der Waals surface area contributed by atoms with Crippen molar-refractivity contribution in [3.05, 3.63) is 210 Å². The van der Waals surface area contributed by atoms with Crippen LogP contribution in [-0.4, -0.2) is 0 Å². The van der Waals surface area contributed by atoms with Crippen LogP contribution in [0, 0.1) is 0 Å². The van der Waals surface area contributed by atoms with E-state index in [2.05, 4.69) is 207 Å². The number of benzene rings is 9. The van der Waals surface area contributed by atoms with Crippen molar-refractivity contribution in [1.29, 1.82) is 0 Å². The molecule has 58 heavy (non-hydrogen) atoms. The van der Waals surface area contributed by atoms with Gasteiger partial charge in [0.2, 0.25) is 0 Å². The number of nitrogens with zero attached hydrogens (tertiary/aromatic N) is 1. The number of para-hydroxylation sites is 1. The maximum atomic E-state index is 2.50. The van der Waals surface area contributed by atoms with Gasteiger partial charge in [0.05, 0.1) is 5.69 Å². The summed E-state index contributed by atoms with van der Waals surface area (Å²) >= 11 is 0. The van der Waals surface area contributed by atoms with Crippen molar-refractivity contribution in [3.8, 4) is 44.5 Å². The summed E-state index contributed by atoms with van der Waals surface area (Å²) in [7, 11) is 0. The van der Waals surface area contributed by atoms with Gasteiger partial charge in [-0.25, -0.2) is 0 Å². The van der Waals surface area contributed by atoms with Gasteiger partial charge >= 0.3 is 0 Å². The van der Waals surface area contributed by atoms with Crippen LogP contribution in [0.4, 0.5) is 17.1 Å². The molecular weight excluding hydrogens is 699 g/mol. The summed E-state index contributed by atoms with van der Waals surface area (Å²) in [6.07, 6.45) is 4.89. The van der Waals surface area contributed by atoms with Crippen LogP contribution in [0.25, 0.3) is 66.1 Å². The van der Waals surface area contributed by atoms with Gasteiger partial charge < -0.3 is 4.90 Å². The molecule has 0 aliphatic heterocycles. The highest BCUT2D eigenvalue weighted by atomic mass is 15.1. The lowest BCUT2D eigenvalue weighted by molar-refractivity contribution is 0.661. The number of hydrogen-bond donors (Lipinski definition) is 0. The first-order chi connectivity index (χ1) is 28.5. The molecule has 0 aromatic heterocycles. The fraction of sp³-hybridized carbons (Fsp3) is 0.123. The molecule has 11 rings (SSSR count). The van der Waals surface area contributed by atoms with E-state index in [1.165, 1.54) is 108 Å². The van der Waals surface area contributed by atoms with Crippen molar-refractivity contribution in [3.63, 3.8) is 0 Å². The first-order valence-electron chi connectivity index (χ1n) is 20.9. The third-order valence-corrected chi connectivity index (χ3v) is 13.0. The predicted octanol–water partition coefficient (Wildman–Crippen LogP) is 15.6. The van der Waals surface area contributed by atoms with E-state index < -0.39 is 0 Å². The Morgan fingerprint density at radius 1 is 0.379 bits per heavy atom. The van der Waals surface area contributed by atoms with Gasteiger partial charge in [0.15, 0.2) is 0 Å². The second kappa shape index (κ2) is 13.7. The average molecular weight is 744 g/mol. The third-order valence-electron chi connectivity index (χ3n) is 13.0. The summed E-state index contributed by atoms with van der Waals surface area (Å²) in [5, 5.41) is 5.06. The number of fused-ring (bicyclic) bond motifs is 6. The third kappa shape index (κ3) is 5.68. The lowest BCUT2D eigenvalue weighted by atomic mass is 9.81. The smallest absolute Gasteiger partial charge is 0.0540 e. The molecule has 2 aliphatic rings. The molecule has 2 aliphatic carbocycles. The maximum Gasteiger partial charge on any atom is 0.0540 e. The molecular formula is C57H45N. The van der Waals surface area contributed by atoms with E-state index in [1.54, 1.807) is 0 Å². The Morgan fingerprint density at radius 3 is 1.71 bits per heavy atom. The fourth-order valence-corrected chi connectivity index (χ4v) is 10.0. The highest BCUT2D eigenvalue weighted by Crippen LogP contribution is 2.53. The van der Waals surface area contributed by atoms with Crippen LogP contribution >= 0.6 is 0 Å². The Bertz CT molecular complexity index is 3020. The lowest BCUT2D eigenvalue weighted by Crippen LogP contribution is -2.17. The van der Waals surface area contributed by atoms with E-state index in [4.69, 9.17) is 0 Å². The molecule has 0 fully saturated rings. The quantitative estimate of drug-likeness (QED) is 0.164. The van der Waals surface area contributed by atoms with Crippen LogP contribution in [-0.2, 0) is 18.3 Å². The average Bonchev–Trinajstić information content (AvgIpc) is 3.50. The van der Waals surface area contributed by atoms with E-state index in [0.29, 0.717) is 0 Å². The summed E-state index contributed by atoms with van der Waals surface area (Å²) in [4.78, 5) is 2.50. The molecule has 0 saturated carbocycles. The van der Waals surface area contributed by atoms with Crippen molar-refractivity contribution in [2.45, 2.75) is 44.9 Å². The van der Waals surface area contributed by atoms with Crippen molar-refractivity contribution in [2.24, 2.45) is 0 Å². The number of aryl methyl sites for hydroxylation is 1. The van der Waals surface area contributed by atoms with Gasteiger partial charge in [-0.2, -0.15) is 0 Å². The van der Waals surface area contributed by atoms with Crippen LogP contribution in [0.15, 0.2) is 188 Å². The molecule has 1 heteroatoms. The van der Waals surface area contributed by atoms with Crippen LogP contribution in [0.3, 0.4) is 0 Å². The predicted molar refractivity (Wildman–Crippen MR) is 247 cm³/mol. The maximum absolute atomic E-state index is 2.50. The zero-order valence-electron chi connectivity index (χ0n) is 33.2. The molecule has 0 N–H and O–H groups in total. The molecule has 0 unspecified atom stereocenters. The molecule has 9 aromatic rings. The highest BCUT2D eigenvalue weighted by Gasteiger charge is 2.36. The molecule has 0 radical (unpaired) electrons. The van der Waals surface area contributed by atoms with Crippen LogP contribution in [0.1, 0.15) is 48.9 Å². The number of rotatable bonds is 6. The minimum atomic E-state index is -0.162. The Hall–Kier alpha value is -6.70. The summed E-state index contributed by atoms with van der Waals surface area (Å²) in [5.74, 6) is 0. The van der Waals surface area contributed by atoms with Gasteiger partial charge in [-0.05, 0) is 163 Å². The topological polar surface area (TPSA) is 3.24 Å². The molecule has 0 amide bonds. The van der Waals surface area contributed by atoms with Crippen molar-refractivity contribution >= 4 is 38.6 Å². The fourth-order valence-electron chi connectivity index (χ4n) is 10.0. The first kappa shape index (κ1) is 34.5. The Balaban J connectivity index is 1.12. The standard InChI is InChI=1S/C57H45N/c1-57(2)54-36-44-21-9-8-20-43(44)35-53(54)49-32-31-46(37-55(49)57)58(45-29-27-40(28-30-45)48-25-14-22-38-17-10-11-23-47(38)48)56-26-13-12-24-50(56)52-34-42-19-7-6-18-41(42)33-51(52)39-15-4-3-5-16-39/h3-9,12-16,18-22,24-37H,10-11,17,23H2,1-2H3. The molecule has 0 spiro atoms. The lowest BCUT2D eigenvalue weighted by Gasteiger charge is -2.30. The highest BCUT2D eigenvalue weighted by molar-refractivity contribution is 6.01. The van der Waals surface area contributed by atoms with Gasteiger partial charge in [0, 0.05) is 22.4 Å². The molecule has 1 nitrogen and oxygen atoms in total. The Labute approximate surface area is 341 Å². The molecule has 0 saturated heterocycles. The summed E-state index contributed by atoms with van der Waals surface area (Å²) in [6.45, 7) is 4.79. The van der Waals surface area contributed by atoms with Crippen molar-refractivity contribution < 1.29 is 0 Å². The van der Waals surface area contributed by atoms with Gasteiger partial charge in [-0.1, -0.05) is 147 Å². The number of anilines is 3. The van der Waals surface area contributed by atoms with Crippen LogP contribution in [0.2, 0.25) is 0 Å².